The summed E-state index contributed by atoms with van der Waals surface area (Å²) >= 11 is 0. The summed E-state index contributed by atoms with van der Waals surface area (Å²) in [5.74, 6) is -0.493. The molecule has 0 saturated heterocycles. The van der Waals surface area contributed by atoms with Gasteiger partial charge in [0.2, 0.25) is 0 Å². The van der Waals surface area contributed by atoms with Crippen molar-refractivity contribution in [2.75, 3.05) is 5.73 Å². The van der Waals surface area contributed by atoms with Gasteiger partial charge in [-0.05, 0) is 23.8 Å². The number of fused-ring (bicyclic) bond motifs is 5. The number of nitrogens with two attached hydrogens (primary N) is 1. The summed E-state index contributed by atoms with van der Waals surface area (Å²) in [5.41, 5.74) is 8.49. The number of anilines is 1. The van der Waals surface area contributed by atoms with Gasteiger partial charge in [-0.1, -0.05) is 42.5 Å². The van der Waals surface area contributed by atoms with Gasteiger partial charge in [-0.15, -0.1) is 0 Å². The number of Topliss-reactive ketones (excluding diaryl/α,β-unsaturated/α-hetero) is 1. The highest BCUT2D eigenvalue weighted by atomic mass is 16.5. The third kappa shape index (κ3) is 2.53. The smallest absolute Gasteiger partial charge is 0.344 e. The van der Waals surface area contributed by atoms with Gasteiger partial charge in [0, 0.05) is 29.3 Å². The SMILES string of the molecule is Nc1ccc2c(c1)Oc1c(c(=O)oc3ccccc13)C2C1=C(O)c2ccccc2CC1=O. The molecule has 3 N–H and O–H groups in total. The Morgan fingerprint density at radius 1 is 0.969 bits per heavy atom. The lowest BCUT2D eigenvalue weighted by molar-refractivity contribution is -0.115. The number of nitrogen functional groups attached to an aromatic ring is 1. The molecule has 1 aliphatic carbocycles. The van der Waals surface area contributed by atoms with Crippen LogP contribution in [0.15, 0.2) is 81.5 Å². The zero-order valence-electron chi connectivity index (χ0n) is 16.8. The van der Waals surface area contributed by atoms with E-state index in [2.05, 4.69) is 0 Å². The standard InChI is InChI=1S/C26H17NO5/c27-14-9-10-16-20(12-14)31-25-17-7-3-4-8-19(17)32-26(30)23(25)21(16)22-18(28)11-13-5-1-2-6-15(13)24(22)29/h1-10,12,21,29H,11,27H2. The van der Waals surface area contributed by atoms with Crippen LogP contribution in [0.2, 0.25) is 0 Å². The topological polar surface area (TPSA) is 103 Å². The largest absolute Gasteiger partial charge is 0.507 e. The van der Waals surface area contributed by atoms with E-state index in [1.807, 2.05) is 18.2 Å². The average Bonchev–Trinajstić information content (AvgIpc) is 2.78. The van der Waals surface area contributed by atoms with Crippen molar-refractivity contribution in [2.45, 2.75) is 12.3 Å². The number of ketones is 1. The normalized spacial score (nSPS) is 16.9. The summed E-state index contributed by atoms with van der Waals surface area (Å²) < 4.78 is 11.7. The quantitative estimate of drug-likeness (QED) is 0.340. The van der Waals surface area contributed by atoms with Crippen LogP contribution in [0.1, 0.15) is 28.2 Å². The second-order valence-corrected chi connectivity index (χ2v) is 7.98. The first-order valence-corrected chi connectivity index (χ1v) is 10.2. The Bertz CT molecular complexity index is 1550. The lowest BCUT2D eigenvalue weighted by Gasteiger charge is -2.31. The fourth-order valence-corrected chi connectivity index (χ4v) is 4.69. The molecule has 6 heteroatoms. The van der Waals surface area contributed by atoms with Crippen LogP contribution >= 0.6 is 0 Å². The number of allylic oxidation sites excluding steroid dienone is 1. The number of hydrogen-bond acceptors (Lipinski definition) is 6. The average molecular weight is 423 g/mol. The van der Waals surface area contributed by atoms with Gasteiger partial charge in [0.05, 0.1) is 22.4 Å². The van der Waals surface area contributed by atoms with Gasteiger partial charge in [-0.3, -0.25) is 4.79 Å². The molecule has 156 valence electrons. The maximum atomic E-state index is 13.3. The summed E-state index contributed by atoms with van der Waals surface area (Å²) in [7, 11) is 0. The minimum Gasteiger partial charge on any atom is -0.507 e. The molecule has 1 aliphatic heterocycles. The molecule has 0 fully saturated rings. The van der Waals surface area contributed by atoms with Crippen molar-refractivity contribution >= 4 is 28.2 Å². The van der Waals surface area contributed by atoms with Crippen molar-refractivity contribution in [3.05, 3.63) is 105 Å². The second kappa shape index (κ2) is 6.59. The highest BCUT2D eigenvalue weighted by Crippen LogP contribution is 2.51. The molecule has 2 heterocycles. The first-order chi connectivity index (χ1) is 15.5. The van der Waals surface area contributed by atoms with Crippen LogP contribution in [0.3, 0.4) is 0 Å². The Labute approximate surface area is 182 Å². The minimum atomic E-state index is -0.851. The Morgan fingerprint density at radius 2 is 1.75 bits per heavy atom. The lowest BCUT2D eigenvalue weighted by atomic mass is 9.76. The Kier molecular flexibility index (Phi) is 3.80. The van der Waals surface area contributed by atoms with Crippen LogP contribution in [-0.4, -0.2) is 10.9 Å². The number of ether oxygens (including phenoxy) is 1. The minimum absolute atomic E-state index is 0.130. The number of carbonyl (C=O) groups is 1. The van der Waals surface area contributed by atoms with E-state index in [1.165, 1.54) is 0 Å². The molecule has 4 aromatic rings. The summed E-state index contributed by atoms with van der Waals surface area (Å²) in [4.78, 5) is 26.5. The van der Waals surface area contributed by atoms with E-state index in [4.69, 9.17) is 14.9 Å². The second-order valence-electron chi connectivity index (χ2n) is 7.98. The number of benzene rings is 3. The fraction of sp³-hybridized carbons (Fsp3) is 0.0769. The van der Waals surface area contributed by atoms with Crippen molar-refractivity contribution < 1.29 is 19.1 Å². The molecule has 3 aromatic carbocycles. The highest BCUT2D eigenvalue weighted by Gasteiger charge is 2.41. The molecule has 6 rings (SSSR count). The Balaban J connectivity index is 1.72. The maximum absolute atomic E-state index is 13.3. The molecule has 0 radical (unpaired) electrons. The molecule has 1 unspecified atom stereocenters. The van der Waals surface area contributed by atoms with Crippen molar-refractivity contribution in [3.8, 4) is 11.5 Å². The predicted octanol–water partition coefficient (Wildman–Crippen LogP) is 4.71. The van der Waals surface area contributed by atoms with Crippen LogP contribution in [0.5, 0.6) is 11.5 Å². The number of carbonyl (C=O) groups excluding carboxylic acids is 1. The van der Waals surface area contributed by atoms with Crippen LogP contribution < -0.4 is 16.1 Å². The third-order valence-electron chi connectivity index (χ3n) is 6.12. The molecule has 0 saturated carbocycles. The van der Waals surface area contributed by atoms with Gasteiger partial charge in [0.1, 0.15) is 22.8 Å². The highest BCUT2D eigenvalue weighted by molar-refractivity contribution is 6.08. The first kappa shape index (κ1) is 18.4. The van der Waals surface area contributed by atoms with Crippen LogP contribution in [0.25, 0.3) is 16.7 Å². The summed E-state index contributed by atoms with van der Waals surface area (Å²) in [5, 5.41) is 11.8. The van der Waals surface area contributed by atoms with Crippen molar-refractivity contribution in [2.24, 2.45) is 0 Å². The molecular formula is C26H17NO5. The van der Waals surface area contributed by atoms with Gasteiger partial charge < -0.3 is 20.0 Å². The number of aliphatic hydroxyl groups is 1. The zero-order valence-corrected chi connectivity index (χ0v) is 16.8. The van der Waals surface area contributed by atoms with Crippen molar-refractivity contribution in [1.29, 1.82) is 0 Å². The van der Waals surface area contributed by atoms with Crippen molar-refractivity contribution in [1.82, 2.24) is 0 Å². The van der Waals surface area contributed by atoms with Gasteiger partial charge in [-0.25, -0.2) is 4.79 Å². The summed E-state index contributed by atoms with van der Waals surface area (Å²) in [6, 6.07) is 19.3. The Hall–Kier alpha value is -4.32. The van der Waals surface area contributed by atoms with Gasteiger partial charge >= 0.3 is 5.63 Å². The van der Waals surface area contributed by atoms with E-state index >= 15 is 0 Å². The van der Waals surface area contributed by atoms with Gasteiger partial charge in [0.25, 0.3) is 0 Å². The molecular weight excluding hydrogens is 406 g/mol. The molecule has 32 heavy (non-hydrogen) atoms. The number of para-hydroxylation sites is 1. The predicted molar refractivity (Wildman–Crippen MR) is 120 cm³/mol. The molecule has 1 aromatic heterocycles. The van der Waals surface area contributed by atoms with E-state index in [9.17, 15) is 14.7 Å². The monoisotopic (exact) mass is 423 g/mol. The van der Waals surface area contributed by atoms with Crippen LogP contribution in [0, 0.1) is 0 Å². The molecule has 1 atom stereocenters. The van der Waals surface area contributed by atoms with E-state index in [-0.39, 0.29) is 29.1 Å². The van der Waals surface area contributed by atoms with Crippen LogP contribution in [-0.2, 0) is 11.2 Å². The Morgan fingerprint density at radius 3 is 2.62 bits per heavy atom. The maximum Gasteiger partial charge on any atom is 0.344 e. The van der Waals surface area contributed by atoms with E-state index in [0.717, 1.165) is 5.56 Å². The molecule has 0 bridgehead atoms. The lowest BCUT2D eigenvalue weighted by Crippen LogP contribution is -2.27. The number of rotatable bonds is 1. The third-order valence-corrected chi connectivity index (χ3v) is 6.12. The number of aliphatic hydroxyl groups excluding tert-OH is 1. The number of hydrogen-bond donors (Lipinski definition) is 2. The molecule has 0 amide bonds. The summed E-state index contributed by atoms with van der Waals surface area (Å²) in [6.07, 6.45) is 0.130. The molecule has 6 nitrogen and oxygen atoms in total. The zero-order chi connectivity index (χ0) is 22.0. The summed E-state index contributed by atoms with van der Waals surface area (Å²) in [6.45, 7) is 0. The molecule has 0 spiro atoms. The van der Waals surface area contributed by atoms with Crippen LogP contribution in [0.4, 0.5) is 5.69 Å². The fourth-order valence-electron chi connectivity index (χ4n) is 4.69. The van der Waals surface area contributed by atoms with E-state index in [0.29, 0.717) is 39.3 Å². The first-order valence-electron chi connectivity index (χ1n) is 10.2. The van der Waals surface area contributed by atoms with Crippen molar-refractivity contribution in [3.63, 3.8) is 0 Å². The van der Waals surface area contributed by atoms with Gasteiger partial charge in [0.15, 0.2) is 5.78 Å². The van der Waals surface area contributed by atoms with E-state index < -0.39 is 11.5 Å². The molecule has 2 aliphatic rings. The van der Waals surface area contributed by atoms with E-state index in [1.54, 1.807) is 48.5 Å². The van der Waals surface area contributed by atoms with Gasteiger partial charge in [-0.2, -0.15) is 0 Å².